The third-order valence-electron chi connectivity index (χ3n) is 4.51. The lowest BCUT2D eigenvalue weighted by Crippen LogP contribution is -2.40. The standard InChI is InChI=1S/C20H24N2O3/c1-14-7-8-19-17(11-14)18(13-25-19)22-20(24)21-12-16(9-10-23)15-5-3-2-4-6-15/h2-8,11,16,18,23H,9-10,12-13H2,1H3,(H2,21,22,24). The molecular weight excluding hydrogens is 316 g/mol. The summed E-state index contributed by atoms with van der Waals surface area (Å²) in [6.07, 6.45) is 0.610. The highest BCUT2D eigenvalue weighted by molar-refractivity contribution is 5.75. The first-order chi connectivity index (χ1) is 12.2. The van der Waals surface area contributed by atoms with Crippen LogP contribution in [0, 0.1) is 6.92 Å². The van der Waals surface area contributed by atoms with E-state index in [4.69, 9.17) is 4.74 Å². The molecule has 0 radical (unpaired) electrons. The number of carbonyl (C=O) groups excluding carboxylic acids is 1. The normalized spacial score (nSPS) is 16.6. The molecule has 2 aromatic carbocycles. The van der Waals surface area contributed by atoms with Crippen molar-refractivity contribution in [3.05, 3.63) is 65.2 Å². The van der Waals surface area contributed by atoms with E-state index in [-0.39, 0.29) is 24.6 Å². The molecule has 2 amide bonds. The summed E-state index contributed by atoms with van der Waals surface area (Å²) in [6, 6.07) is 15.6. The van der Waals surface area contributed by atoms with Crippen molar-refractivity contribution < 1.29 is 14.6 Å². The molecule has 0 spiro atoms. The second-order valence-corrected chi connectivity index (χ2v) is 6.38. The van der Waals surface area contributed by atoms with Crippen molar-refractivity contribution in [2.75, 3.05) is 19.8 Å². The molecule has 5 nitrogen and oxygen atoms in total. The van der Waals surface area contributed by atoms with Gasteiger partial charge in [0.25, 0.3) is 0 Å². The fourth-order valence-electron chi connectivity index (χ4n) is 3.15. The van der Waals surface area contributed by atoms with Gasteiger partial charge in [0, 0.05) is 24.6 Å². The molecular formula is C20H24N2O3. The van der Waals surface area contributed by atoms with Gasteiger partial charge in [0.15, 0.2) is 0 Å². The molecule has 0 aliphatic carbocycles. The van der Waals surface area contributed by atoms with E-state index < -0.39 is 0 Å². The number of hydrogen-bond donors (Lipinski definition) is 3. The van der Waals surface area contributed by atoms with Crippen LogP contribution in [0.15, 0.2) is 48.5 Å². The highest BCUT2D eigenvalue weighted by atomic mass is 16.5. The fourth-order valence-corrected chi connectivity index (χ4v) is 3.15. The molecule has 1 aliphatic rings. The van der Waals surface area contributed by atoms with Crippen LogP contribution in [-0.4, -0.2) is 30.9 Å². The predicted molar refractivity (Wildman–Crippen MR) is 96.8 cm³/mol. The predicted octanol–water partition coefficient (Wildman–Crippen LogP) is 2.89. The largest absolute Gasteiger partial charge is 0.491 e. The van der Waals surface area contributed by atoms with Gasteiger partial charge >= 0.3 is 6.03 Å². The van der Waals surface area contributed by atoms with Gasteiger partial charge < -0.3 is 20.5 Å². The average molecular weight is 340 g/mol. The third kappa shape index (κ3) is 4.31. The number of rotatable bonds is 6. The van der Waals surface area contributed by atoms with Crippen molar-refractivity contribution in [1.29, 1.82) is 0 Å². The topological polar surface area (TPSA) is 70.6 Å². The number of aliphatic hydroxyl groups is 1. The zero-order chi connectivity index (χ0) is 17.6. The molecule has 3 rings (SSSR count). The molecule has 2 atom stereocenters. The molecule has 0 saturated carbocycles. The fraction of sp³-hybridized carbons (Fsp3) is 0.350. The van der Waals surface area contributed by atoms with Gasteiger partial charge in [0.1, 0.15) is 12.4 Å². The minimum absolute atomic E-state index is 0.0892. The van der Waals surface area contributed by atoms with Gasteiger partial charge in [0.2, 0.25) is 0 Å². The molecule has 5 heteroatoms. The smallest absolute Gasteiger partial charge is 0.315 e. The maximum absolute atomic E-state index is 12.3. The summed E-state index contributed by atoms with van der Waals surface area (Å²) in [7, 11) is 0. The van der Waals surface area contributed by atoms with Crippen molar-refractivity contribution in [2.24, 2.45) is 0 Å². The number of hydrogen-bond acceptors (Lipinski definition) is 3. The summed E-state index contributed by atoms with van der Waals surface area (Å²) in [5, 5.41) is 15.2. The molecule has 25 heavy (non-hydrogen) atoms. The minimum atomic E-state index is -0.221. The van der Waals surface area contributed by atoms with Crippen LogP contribution in [-0.2, 0) is 0 Å². The number of carbonyl (C=O) groups is 1. The Balaban J connectivity index is 1.57. The van der Waals surface area contributed by atoms with Crippen LogP contribution >= 0.6 is 0 Å². The van der Waals surface area contributed by atoms with Crippen LogP contribution in [0.2, 0.25) is 0 Å². The Morgan fingerprint density at radius 3 is 2.84 bits per heavy atom. The van der Waals surface area contributed by atoms with E-state index in [1.165, 1.54) is 0 Å². The quantitative estimate of drug-likeness (QED) is 0.757. The summed E-state index contributed by atoms with van der Waals surface area (Å²) >= 11 is 0. The number of benzene rings is 2. The summed E-state index contributed by atoms with van der Waals surface area (Å²) in [5.41, 5.74) is 3.27. The number of ether oxygens (including phenoxy) is 1. The van der Waals surface area contributed by atoms with Crippen molar-refractivity contribution in [1.82, 2.24) is 10.6 Å². The number of urea groups is 1. The minimum Gasteiger partial charge on any atom is -0.491 e. The molecule has 0 fully saturated rings. The van der Waals surface area contributed by atoms with Crippen LogP contribution < -0.4 is 15.4 Å². The summed E-state index contributed by atoms with van der Waals surface area (Å²) < 4.78 is 5.62. The lowest BCUT2D eigenvalue weighted by Gasteiger charge is -2.19. The van der Waals surface area contributed by atoms with E-state index in [0.29, 0.717) is 19.6 Å². The van der Waals surface area contributed by atoms with Gasteiger partial charge in [-0.3, -0.25) is 0 Å². The summed E-state index contributed by atoms with van der Waals surface area (Å²) in [6.45, 7) is 3.04. The lowest BCUT2D eigenvalue weighted by atomic mass is 9.96. The van der Waals surface area contributed by atoms with E-state index in [9.17, 15) is 9.90 Å². The van der Waals surface area contributed by atoms with Gasteiger partial charge in [-0.05, 0) is 25.0 Å². The monoisotopic (exact) mass is 340 g/mol. The highest BCUT2D eigenvalue weighted by Crippen LogP contribution is 2.32. The van der Waals surface area contributed by atoms with Crippen LogP contribution in [0.5, 0.6) is 5.75 Å². The van der Waals surface area contributed by atoms with E-state index in [1.807, 2.05) is 55.5 Å². The molecule has 0 aromatic heterocycles. The van der Waals surface area contributed by atoms with Gasteiger partial charge in [-0.25, -0.2) is 4.79 Å². The second-order valence-electron chi connectivity index (χ2n) is 6.38. The Bertz CT molecular complexity index is 718. The molecule has 132 valence electrons. The third-order valence-corrected chi connectivity index (χ3v) is 4.51. The van der Waals surface area contributed by atoms with E-state index in [0.717, 1.165) is 22.4 Å². The first kappa shape index (κ1) is 17.3. The number of fused-ring (bicyclic) bond motifs is 1. The SMILES string of the molecule is Cc1ccc2c(c1)C(NC(=O)NCC(CCO)c1ccccc1)CO2. The van der Waals surface area contributed by atoms with E-state index in [2.05, 4.69) is 10.6 Å². The zero-order valence-corrected chi connectivity index (χ0v) is 14.4. The molecule has 2 aromatic rings. The van der Waals surface area contributed by atoms with Gasteiger partial charge in [0.05, 0.1) is 6.04 Å². The second kappa shape index (κ2) is 8.03. The maximum Gasteiger partial charge on any atom is 0.315 e. The Morgan fingerprint density at radius 1 is 1.28 bits per heavy atom. The first-order valence-corrected chi connectivity index (χ1v) is 8.61. The number of amides is 2. The highest BCUT2D eigenvalue weighted by Gasteiger charge is 2.25. The molecule has 0 saturated heterocycles. The molecule has 0 bridgehead atoms. The first-order valence-electron chi connectivity index (χ1n) is 8.61. The Hall–Kier alpha value is -2.53. The van der Waals surface area contributed by atoms with Crippen LogP contribution in [0.25, 0.3) is 0 Å². The van der Waals surface area contributed by atoms with Crippen molar-refractivity contribution in [3.63, 3.8) is 0 Å². The van der Waals surface area contributed by atoms with E-state index in [1.54, 1.807) is 0 Å². The molecule has 1 aliphatic heterocycles. The Morgan fingerprint density at radius 2 is 2.08 bits per heavy atom. The number of aryl methyl sites for hydroxylation is 1. The van der Waals surface area contributed by atoms with Crippen molar-refractivity contribution in [2.45, 2.75) is 25.3 Å². The van der Waals surface area contributed by atoms with Crippen LogP contribution in [0.4, 0.5) is 4.79 Å². The number of nitrogens with one attached hydrogen (secondary N) is 2. The van der Waals surface area contributed by atoms with Crippen LogP contribution in [0.1, 0.15) is 35.1 Å². The average Bonchev–Trinajstić information content (AvgIpc) is 3.01. The van der Waals surface area contributed by atoms with Crippen molar-refractivity contribution in [3.8, 4) is 5.75 Å². The van der Waals surface area contributed by atoms with E-state index >= 15 is 0 Å². The molecule has 2 unspecified atom stereocenters. The Kier molecular flexibility index (Phi) is 5.56. The van der Waals surface area contributed by atoms with Crippen LogP contribution in [0.3, 0.4) is 0 Å². The summed E-state index contributed by atoms with van der Waals surface area (Å²) in [5.74, 6) is 0.921. The van der Waals surface area contributed by atoms with Crippen molar-refractivity contribution >= 4 is 6.03 Å². The lowest BCUT2D eigenvalue weighted by molar-refractivity contribution is 0.229. The maximum atomic E-state index is 12.3. The molecule has 3 N–H and O–H groups in total. The summed E-state index contributed by atoms with van der Waals surface area (Å²) in [4.78, 5) is 12.3. The molecule has 1 heterocycles. The Labute approximate surface area is 148 Å². The van der Waals surface area contributed by atoms with Gasteiger partial charge in [-0.15, -0.1) is 0 Å². The number of aliphatic hydroxyl groups excluding tert-OH is 1. The zero-order valence-electron chi connectivity index (χ0n) is 14.4. The van der Waals surface area contributed by atoms with Gasteiger partial charge in [-0.2, -0.15) is 0 Å². The van der Waals surface area contributed by atoms with Gasteiger partial charge in [-0.1, -0.05) is 48.0 Å².